The van der Waals surface area contributed by atoms with Gasteiger partial charge in [0.15, 0.2) is 5.78 Å². The molecular formula is C31H28N4O4S2. The van der Waals surface area contributed by atoms with Crippen LogP contribution in [0, 0.1) is 0 Å². The number of Topliss-reactive ketones (excluding diaryl/α,β-unsaturated/α-hetero) is 1. The normalized spacial score (nSPS) is 18.9. The van der Waals surface area contributed by atoms with Gasteiger partial charge in [0.2, 0.25) is 5.91 Å². The molecule has 2 fully saturated rings. The summed E-state index contributed by atoms with van der Waals surface area (Å²) < 4.78 is 0.890. The summed E-state index contributed by atoms with van der Waals surface area (Å²) in [5, 5.41) is 2.95. The van der Waals surface area contributed by atoms with E-state index >= 15 is 0 Å². The molecule has 0 spiro atoms. The first kappa shape index (κ1) is 27.2. The molecule has 3 atom stereocenters. The zero-order valence-corrected chi connectivity index (χ0v) is 23.8. The molecule has 3 aromatic carbocycles. The first-order chi connectivity index (χ1) is 20.0. The number of benzene rings is 3. The van der Waals surface area contributed by atoms with Gasteiger partial charge in [0, 0.05) is 29.2 Å². The highest BCUT2D eigenvalue weighted by molar-refractivity contribution is 7.98. The van der Waals surface area contributed by atoms with Crippen LogP contribution < -0.4 is 5.32 Å². The summed E-state index contributed by atoms with van der Waals surface area (Å²) in [5.41, 5.74) is 4.63. The number of likely N-dealkylation sites (tertiary alicyclic amines) is 2. The topological polar surface area (TPSA) is 99.7 Å². The molecule has 3 heterocycles. The fraction of sp³-hybridized carbons (Fsp3) is 0.258. The number of ketones is 1. The first-order valence-electron chi connectivity index (χ1n) is 13.4. The van der Waals surface area contributed by atoms with Crippen molar-refractivity contribution >= 4 is 56.8 Å². The van der Waals surface area contributed by atoms with Gasteiger partial charge >= 0.3 is 0 Å². The summed E-state index contributed by atoms with van der Waals surface area (Å²) in [6.45, 7) is 0.322. The van der Waals surface area contributed by atoms with E-state index in [4.69, 9.17) is 0 Å². The Hall–Kier alpha value is -4.02. The van der Waals surface area contributed by atoms with Crippen LogP contribution in [-0.4, -0.2) is 75.3 Å². The van der Waals surface area contributed by atoms with Gasteiger partial charge < -0.3 is 15.1 Å². The SMILES string of the molecule is O=C(N[C@@H](CSCc1ccccc1)C(=O)N1CC[C@@H]2[C@H]1C(=O)CN2C(=O)c1ccccc1)c1ccc2ncsc2c1. The van der Waals surface area contributed by atoms with Gasteiger partial charge in [0.05, 0.1) is 28.3 Å². The molecule has 3 amide bonds. The lowest BCUT2D eigenvalue weighted by atomic mass is 10.1. The van der Waals surface area contributed by atoms with Gasteiger partial charge in [-0.05, 0) is 42.3 Å². The minimum Gasteiger partial charge on any atom is -0.339 e. The average Bonchev–Trinajstić information content (AvgIpc) is 3.73. The maximum Gasteiger partial charge on any atom is 0.254 e. The average molecular weight is 585 g/mol. The predicted octanol–water partition coefficient (Wildman–Crippen LogP) is 4.02. The van der Waals surface area contributed by atoms with Gasteiger partial charge in [-0.25, -0.2) is 4.98 Å². The van der Waals surface area contributed by atoms with Crippen LogP contribution in [0.15, 0.2) is 84.4 Å². The first-order valence-corrected chi connectivity index (χ1v) is 15.5. The standard InChI is InChI=1S/C31H28N4O4S2/c36-26-16-35(30(38)21-9-5-2-6-10-21)25-13-14-34(28(25)26)31(39)24(18-40-17-20-7-3-1-4-8-20)33-29(37)22-11-12-23-27(15-22)41-19-32-23/h1-12,15,19,24-25,28H,13-14,16-18H2,(H,33,37)/t24-,25+,28-/m0/s1. The van der Waals surface area contributed by atoms with Gasteiger partial charge in [-0.2, -0.15) is 11.8 Å². The number of fused-ring (bicyclic) bond motifs is 2. The van der Waals surface area contributed by atoms with Crippen molar-refractivity contribution in [2.45, 2.75) is 30.3 Å². The highest BCUT2D eigenvalue weighted by Gasteiger charge is 2.52. The summed E-state index contributed by atoms with van der Waals surface area (Å²) in [7, 11) is 0. The van der Waals surface area contributed by atoms with Crippen LogP contribution in [0.25, 0.3) is 10.2 Å². The van der Waals surface area contributed by atoms with Crippen molar-refractivity contribution in [3.8, 4) is 0 Å². The molecule has 2 saturated heterocycles. The fourth-order valence-corrected chi connectivity index (χ4v) is 7.29. The van der Waals surface area contributed by atoms with Crippen molar-refractivity contribution in [3.05, 3.63) is 101 Å². The Morgan fingerprint density at radius 2 is 1.73 bits per heavy atom. The molecular weight excluding hydrogens is 556 g/mol. The van der Waals surface area contributed by atoms with Gasteiger partial charge in [0.1, 0.15) is 12.1 Å². The quantitative estimate of drug-likeness (QED) is 0.336. The molecule has 2 aliphatic rings. The second-order valence-electron chi connectivity index (χ2n) is 10.2. The number of thioether (sulfide) groups is 1. The van der Waals surface area contributed by atoms with Gasteiger partial charge in [0.25, 0.3) is 11.8 Å². The molecule has 208 valence electrons. The van der Waals surface area contributed by atoms with Crippen molar-refractivity contribution in [1.29, 1.82) is 0 Å². The number of hydrogen-bond acceptors (Lipinski definition) is 7. The minimum absolute atomic E-state index is 0.0263. The zero-order valence-electron chi connectivity index (χ0n) is 22.1. The van der Waals surface area contributed by atoms with Crippen LogP contribution in [-0.2, 0) is 15.3 Å². The predicted molar refractivity (Wildman–Crippen MR) is 160 cm³/mol. The number of aromatic nitrogens is 1. The molecule has 10 heteroatoms. The molecule has 0 bridgehead atoms. The number of thiazole rings is 1. The third-order valence-corrected chi connectivity index (χ3v) is 9.48. The fourth-order valence-electron chi connectivity index (χ4n) is 5.57. The largest absolute Gasteiger partial charge is 0.339 e. The molecule has 1 N–H and O–H groups in total. The number of hydrogen-bond donors (Lipinski definition) is 1. The van der Waals surface area contributed by atoms with Crippen LogP contribution in [0.2, 0.25) is 0 Å². The van der Waals surface area contributed by atoms with Crippen LogP contribution >= 0.6 is 23.1 Å². The van der Waals surface area contributed by atoms with Crippen molar-refractivity contribution in [1.82, 2.24) is 20.1 Å². The van der Waals surface area contributed by atoms with Crippen LogP contribution in [0.3, 0.4) is 0 Å². The van der Waals surface area contributed by atoms with Crippen LogP contribution in [0.1, 0.15) is 32.7 Å². The third-order valence-electron chi connectivity index (χ3n) is 7.58. The number of carbonyl (C=O) groups is 4. The van der Waals surface area contributed by atoms with E-state index in [2.05, 4.69) is 10.3 Å². The van der Waals surface area contributed by atoms with Crippen LogP contribution in [0.4, 0.5) is 0 Å². The molecule has 8 nitrogen and oxygen atoms in total. The van der Waals surface area contributed by atoms with Gasteiger partial charge in [-0.1, -0.05) is 48.5 Å². The Kier molecular flexibility index (Phi) is 7.84. The van der Waals surface area contributed by atoms with E-state index in [1.54, 1.807) is 69.5 Å². The van der Waals surface area contributed by atoms with E-state index in [-0.39, 0.29) is 36.1 Å². The highest BCUT2D eigenvalue weighted by Crippen LogP contribution is 2.32. The molecule has 2 aliphatic heterocycles. The Morgan fingerprint density at radius 3 is 2.51 bits per heavy atom. The maximum absolute atomic E-state index is 14.0. The van der Waals surface area contributed by atoms with E-state index in [1.807, 2.05) is 36.4 Å². The van der Waals surface area contributed by atoms with Crippen molar-refractivity contribution in [3.63, 3.8) is 0 Å². The lowest BCUT2D eigenvalue weighted by molar-refractivity contribution is -0.137. The lowest BCUT2D eigenvalue weighted by Crippen LogP contribution is -2.53. The maximum atomic E-state index is 14.0. The Bertz CT molecular complexity index is 1590. The second kappa shape index (κ2) is 11.8. The van der Waals surface area contributed by atoms with Gasteiger partial charge in [-0.3, -0.25) is 19.2 Å². The van der Waals surface area contributed by atoms with Crippen molar-refractivity contribution < 1.29 is 19.2 Å². The van der Waals surface area contributed by atoms with E-state index < -0.39 is 12.1 Å². The molecule has 41 heavy (non-hydrogen) atoms. The van der Waals surface area contributed by atoms with E-state index in [1.165, 1.54) is 11.3 Å². The summed E-state index contributed by atoms with van der Waals surface area (Å²) >= 11 is 3.00. The molecule has 1 aromatic heterocycles. The number of nitrogens with one attached hydrogen (secondary N) is 1. The summed E-state index contributed by atoms with van der Waals surface area (Å²) in [4.78, 5) is 61.2. The number of rotatable bonds is 8. The Balaban J connectivity index is 1.20. The van der Waals surface area contributed by atoms with E-state index in [0.29, 0.717) is 35.6 Å². The monoisotopic (exact) mass is 584 g/mol. The van der Waals surface area contributed by atoms with E-state index in [0.717, 1.165) is 15.8 Å². The minimum atomic E-state index is -0.834. The highest BCUT2D eigenvalue weighted by atomic mass is 32.2. The van der Waals surface area contributed by atoms with Crippen molar-refractivity contribution in [2.75, 3.05) is 18.8 Å². The smallest absolute Gasteiger partial charge is 0.254 e. The molecule has 0 saturated carbocycles. The van der Waals surface area contributed by atoms with Gasteiger partial charge in [-0.15, -0.1) is 11.3 Å². The van der Waals surface area contributed by atoms with Crippen molar-refractivity contribution in [2.24, 2.45) is 0 Å². The summed E-state index contributed by atoms with van der Waals surface area (Å²) in [6, 6.07) is 22.2. The zero-order chi connectivity index (χ0) is 28.3. The number of nitrogens with zero attached hydrogens (tertiary/aromatic N) is 3. The molecule has 6 rings (SSSR count). The molecule has 0 aliphatic carbocycles. The molecule has 4 aromatic rings. The Labute approximate surface area is 245 Å². The van der Waals surface area contributed by atoms with E-state index in [9.17, 15) is 19.2 Å². The second-order valence-corrected chi connectivity index (χ2v) is 12.1. The Morgan fingerprint density at radius 1 is 0.976 bits per heavy atom. The van der Waals surface area contributed by atoms with Crippen LogP contribution in [0.5, 0.6) is 0 Å². The molecule has 0 unspecified atom stereocenters. The molecule has 0 radical (unpaired) electrons. The summed E-state index contributed by atoms with van der Waals surface area (Å²) in [5.74, 6) is 0.0144. The lowest BCUT2D eigenvalue weighted by Gasteiger charge is -2.28. The number of amides is 3. The number of carbonyl (C=O) groups excluding carboxylic acids is 4. The summed E-state index contributed by atoms with van der Waals surface area (Å²) in [6.07, 6.45) is 0.514. The third kappa shape index (κ3) is 5.62.